The third-order valence-electron chi connectivity index (χ3n) is 3.77. The van der Waals surface area contributed by atoms with Gasteiger partial charge in [-0.05, 0) is 35.9 Å². The van der Waals surface area contributed by atoms with Crippen LogP contribution in [0, 0.1) is 0 Å². The number of unbranched alkanes of at least 4 members (excludes halogenated alkanes) is 6. The molecule has 0 bridgehead atoms. The third kappa shape index (κ3) is 4.66. The van der Waals surface area contributed by atoms with Crippen molar-refractivity contribution in [2.75, 3.05) is 0 Å². The van der Waals surface area contributed by atoms with Gasteiger partial charge < -0.3 is 0 Å². The predicted octanol–water partition coefficient (Wildman–Crippen LogP) is 5.53. The largest absolute Gasteiger partial charge is 0.264 e. The molecule has 1 heteroatoms. The Morgan fingerprint density at radius 1 is 0.842 bits per heavy atom. The summed E-state index contributed by atoms with van der Waals surface area (Å²) >= 11 is 0. The highest BCUT2D eigenvalue weighted by atomic mass is 14.6. The second-order valence-electron chi connectivity index (χ2n) is 5.43. The minimum atomic E-state index is 1.21. The highest BCUT2D eigenvalue weighted by Crippen LogP contribution is 2.16. The molecule has 0 saturated heterocycles. The number of hydrogen-bond donors (Lipinski definition) is 0. The van der Waals surface area contributed by atoms with Crippen molar-refractivity contribution in [2.24, 2.45) is 0 Å². The molecule has 19 heavy (non-hydrogen) atoms. The van der Waals surface area contributed by atoms with Crippen molar-refractivity contribution in [3.05, 3.63) is 42.2 Å². The minimum Gasteiger partial charge on any atom is -0.264 e. The van der Waals surface area contributed by atoms with Crippen molar-refractivity contribution in [3.63, 3.8) is 0 Å². The summed E-state index contributed by atoms with van der Waals surface area (Å²) in [5.41, 5.74) is 1.45. The average Bonchev–Trinajstić information content (AvgIpc) is 2.46. The van der Waals surface area contributed by atoms with E-state index >= 15 is 0 Å². The summed E-state index contributed by atoms with van der Waals surface area (Å²) in [5, 5.41) is 2.56. The van der Waals surface area contributed by atoms with Crippen LogP contribution in [0.5, 0.6) is 0 Å². The molecular formula is C18H25N. The average molecular weight is 255 g/mol. The number of aryl methyl sites for hydroxylation is 1. The first-order valence-electron chi connectivity index (χ1n) is 7.73. The summed E-state index contributed by atoms with van der Waals surface area (Å²) < 4.78 is 0. The van der Waals surface area contributed by atoms with E-state index in [2.05, 4.69) is 36.2 Å². The van der Waals surface area contributed by atoms with E-state index in [9.17, 15) is 0 Å². The number of rotatable bonds is 8. The van der Waals surface area contributed by atoms with Crippen LogP contribution in [0.15, 0.2) is 36.7 Å². The van der Waals surface area contributed by atoms with E-state index in [1.54, 1.807) is 0 Å². The fourth-order valence-electron chi connectivity index (χ4n) is 2.58. The molecule has 0 radical (unpaired) electrons. The fraction of sp³-hybridized carbons (Fsp3) is 0.500. The van der Waals surface area contributed by atoms with Crippen molar-refractivity contribution in [1.29, 1.82) is 0 Å². The molecule has 102 valence electrons. The van der Waals surface area contributed by atoms with Gasteiger partial charge in [0.15, 0.2) is 0 Å². The Morgan fingerprint density at radius 2 is 1.63 bits per heavy atom. The summed E-state index contributed by atoms with van der Waals surface area (Å²) in [5.74, 6) is 0. The Balaban J connectivity index is 1.72. The molecule has 0 aliphatic rings. The summed E-state index contributed by atoms with van der Waals surface area (Å²) in [6.07, 6.45) is 14.7. The Kier molecular flexibility index (Phi) is 5.87. The number of aromatic nitrogens is 1. The lowest BCUT2D eigenvalue weighted by Gasteiger charge is -2.04. The Bertz CT molecular complexity index is 490. The van der Waals surface area contributed by atoms with Crippen LogP contribution in [0.25, 0.3) is 10.8 Å². The topological polar surface area (TPSA) is 12.9 Å². The predicted molar refractivity (Wildman–Crippen MR) is 83.4 cm³/mol. The molecule has 0 unspecified atom stereocenters. The van der Waals surface area contributed by atoms with Gasteiger partial charge >= 0.3 is 0 Å². The first-order valence-corrected chi connectivity index (χ1v) is 7.73. The zero-order valence-electron chi connectivity index (χ0n) is 12.1. The van der Waals surface area contributed by atoms with Gasteiger partial charge in [0, 0.05) is 17.8 Å². The molecule has 0 fully saturated rings. The standard InChI is InChI=1S/C18H25N/c1-2-3-4-5-6-7-8-9-16-10-11-17-12-13-19-15-18(17)14-16/h10-15H,2-9H2,1H3. The molecule has 0 spiro atoms. The molecule has 1 aromatic heterocycles. The van der Waals surface area contributed by atoms with E-state index in [1.165, 1.54) is 67.7 Å². The van der Waals surface area contributed by atoms with Crippen molar-refractivity contribution >= 4 is 10.8 Å². The van der Waals surface area contributed by atoms with Crippen LogP contribution >= 0.6 is 0 Å². The van der Waals surface area contributed by atoms with Gasteiger partial charge in [0.2, 0.25) is 0 Å². The van der Waals surface area contributed by atoms with E-state index in [1.807, 2.05) is 12.4 Å². The van der Waals surface area contributed by atoms with Gasteiger partial charge in [-0.1, -0.05) is 57.6 Å². The first-order chi connectivity index (χ1) is 9.40. The zero-order valence-corrected chi connectivity index (χ0v) is 12.1. The van der Waals surface area contributed by atoms with Gasteiger partial charge in [-0.15, -0.1) is 0 Å². The normalized spacial score (nSPS) is 11.0. The lowest BCUT2D eigenvalue weighted by molar-refractivity contribution is 0.589. The number of benzene rings is 1. The lowest BCUT2D eigenvalue weighted by Crippen LogP contribution is -1.87. The van der Waals surface area contributed by atoms with Crippen LogP contribution in [0.2, 0.25) is 0 Å². The number of hydrogen-bond acceptors (Lipinski definition) is 1. The molecule has 0 N–H and O–H groups in total. The van der Waals surface area contributed by atoms with E-state index in [0.717, 1.165) is 0 Å². The number of nitrogens with zero attached hydrogens (tertiary/aromatic N) is 1. The van der Waals surface area contributed by atoms with Crippen molar-refractivity contribution in [3.8, 4) is 0 Å². The fourth-order valence-corrected chi connectivity index (χ4v) is 2.58. The van der Waals surface area contributed by atoms with E-state index < -0.39 is 0 Å². The third-order valence-corrected chi connectivity index (χ3v) is 3.77. The molecule has 1 aromatic carbocycles. The summed E-state index contributed by atoms with van der Waals surface area (Å²) in [6, 6.07) is 8.85. The molecular weight excluding hydrogens is 230 g/mol. The SMILES string of the molecule is CCCCCCCCCc1ccc2ccncc2c1. The molecule has 1 heterocycles. The van der Waals surface area contributed by atoms with Crippen molar-refractivity contribution in [2.45, 2.75) is 58.3 Å². The van der Waals surface area contributed by atoms with Gasteiger partial charge in [-0.25, -0.2) is 0 Å². The summed E-state index contributed by atoms with van der Waals surface area (Å²) in [7, 11) is 0. The van der Waals surface area contributed by atoms with Crippen molar-refractivity contribution < 1.29 is 0 Å². The maximum atomic E-state index is 4.19. The van der Waals surface area contributed by atoms with Crippen LogP contribution in [-0.2, 0) is 6.42 Å². The van der Waals surface area contributed by atoms with Crippen LogP contribution in [0.3, 0.4) is 0 Å². The Labute approximate surface area is 117 Å². The van der Waals surface area contributed by atoms with Gasteiger partial charge in [-0.3, -0.25) is 4.98 Å². The second kappa shape index (κ2) is 7.93. The highest BCUT2D eigenvalue weighted by molar-refractivity contribution is 5.81. The quantitative estimate of drug-likeness (QED) is 0.565. The molecule has 0 amide bonds. The van der Waals surface area contributed by atoms with Gasteiger partial charge in [0.05, 0.1) is 0 Å². The molecule has 0 aliphatic carbocycles. The molecule has 2 aromatic rings. The maximum Gasteiger partial charge on any atom is 0.0346 e. The maximum absolute atomic E-state index is 4.19. The molecule has 0 atom stereocenters. The molecule has 0 saturated carbocycles. The van der Waals surface area contributed by atoms with Gasteiger partial charge in [0.25, 0.3) is 0 Å². The van der Waals surface area contributed by atoms with Crippen LogP contribution in [-0.4, -0.2) is 4.98 Å². The van der Waals surface area contributed by atoms with Crippen LogP contribution in [0.4, 0.5) is 0 Å². The molecule has 1 nitrogen and oxygen atoms in total. The summed E-state index contributed by atoms with van der Waals surface area (Å²) in [4.78, 5) is 4.19. The molecule has 2 rings (SSSR count). The second-order valence-corrected chi connectivity index (χ2v) is 5.43. The zero-order chi connectivity index (χ0) is 13.3. The lowest BCUT2D eigenvalue weighted by atomic mass is 10.0. The Morgan fingerprint density at radius 3 is 2.47 bits per heavy atom. The van der Waals surface area contributed by atoms with E-state index in [0.29, 0.717) is 0 Å². The molecule has 0 aliphatic heterocycles. The minimum absolute atomic E-state index is 1.21. The van der Waals surface area contributed by atoms with Crippen molar-refractivity contribution in [1.82, 2.24) is 4.98 Å². The van der Waals surface area contributed by atoms with Gasteiger partial charge in [0.1, 0.15) is 0 Å². The van der Waals surface area contributed by atoms with Gasteiger partial charge in [-0.2, -0.15) is 0 Å². The first kappa shape index (κ1) is 14.0. The van der Waals surface area contributed by atoms with E-state index in [4.69, 9.17) is 0 Å². The highest BCUT2D eigenvalue weighted by Gasteiger charge is 1.97. The smallest absolute Gasteiger partial charge is 0.0346 e. The van der Waals surface area contributed by atoms with Crippen LogP contribution in [0.1, 0.15) is 57.4 Å². The van der Waals surface area contributed by atoms with Crippen LogP contribution < -0.4 is 0 Å². The number of fused-ring (bicyclic) bond motifs is 1. The van der Waals surface area contributed by atoms with E-state index in [-0.39, 0.29) is 0 Å². The summed E-state index contributed by atoms with van der Waals surface area (Å²) in [6.45, 7) is 2.27. The Hall–Kier alpha value is -1.37. The monoisotopic (exact) mass is 255 g/mol. The number of pyridine rings is 1.